The van der Waals surface area contributed by atoms with E-state index in [0.717, 1.165) is 66.4 Å². The fourth-order valence-corrected chi connectivity index (χ4v) is 5.70. The first-order valence-electron chi connectivity index (χ1n) is 11.6. The van der Waals surface area contributed by atoms with E-state index in [0.29, 0.717) is 19.8 Å². The van der Waals surface area contributed by atoms with Crippen molar-refractivity contribution in [3.8, 4) is 0 Å². The molecule has 8 nitrogen and oxygen atoms in total. The molecular formula is C24H30N6O2S. The lowest BCUT2D eigenvalue weighted by atomic mass is 9.95. The Kier molecular flexibility index (Phi) is 6.41. The number of aryl methyl sites for hydroxylation is 2. The van der Waals surface area contributed by atoms with E-state index in [4.69, 9.17) is 4.74 Å². The fourth-order valence-electron chi connectivity index (χ4n) is 4.71. The number of anilines is 2. The third kappa shape index (κ3) is 4.52. The van der Waals surface area contributed by atoms with Gasteiger partial charge in [0, 0.05) is 55.3 Å². The third-order valence-corrected chi connectivity index (χ3v) is 7.86. The van der Waals surface area contributed by atoms with E-state index in [2.05, 4.69) is 43.9 Å². The summed E-state index contributed by atoms with van der Waals surface area (Å²) in [4.78, 5) is 33.5. The molecule has 1 amide bonds. The van der Waals surface area contributed by atoms with Gasteiger partial charge in [0.05, 0.1) is 18.6 Å². The van der Waals surface area contributed by atoms with Crippen LogP contribution < -0.4 is 15.1 Å². The van der Waals surface area contributed by atoms with Crippen molar-refractivity contribution in [3.63, 3.8) is 0 Å². The minimum Gasteiger partial charge on any atom is -0.378 e. The number of thiophene rings is 1. The number of ether oxygens (including phenoxy) is 1. The summed E-state index contributed by atoms with van der Waals surface area (Å²) in [5, 5.41) is 4.33. The summed E-state index contributed by atoms with van der Waals surface area (Å²) in [7, 11) is 0. The van der Waals surface area contributed by atoms with Gasteiger partial charge in [0.25, 0.3) is 0 Å². The summed E-state index contributed by atoms with van der Waals surface area (Å²) in [5.41, 5.74) is 2.31. The highest BCUT2D eigenvalue weighted by molar-refractivity contribution is 7.18. The van der Waals surface area contributed by atoms with Crippen molar-refractivity contribution < 1.29 is 9.53 Å². The van der Waals surface area contributed by atoms with Crippen molar-refractivity contribution in [2.24, 2.45) is 5.92 Å². The highest BCUT2D eigenvalue weighted by atomic mass is 32.1. The number of morpholine rings is 1. The quantitative estimate of drug-likeness (QED) is 0.619. The topological polar surface area (TPSA) is 83.5 Å². The van der Waals surface area contributed by atoms with Crippen LogP contribution in [0.15, 0.2) is 24.7 Å². The van der Waals surface area contributed by atoms with Gasteiger partial charge in [-0.15, -0.1) is 11.3 Å². The van der Waals surface area contributed by atoms with Crippen molar-refractivity contribution in [2.75, 3.05) is 49.2 Å². The normalized spacial score (nSPS) is 17.5. The van der Waals surface area contributed by atoms with Gasteiger partial charge in [0.2, 0.25) is 5.91 Å². The molecule has 0 atom stereocenters. The van der Waals surface area contributed by atoms with E-state index >= 15 is 0 Å². The summed E-state index contributed by atoms with van der Waals surface area (Å²) in [6.07, 6.45) is 5.12. The molecule has 9 heteroatoms. The van der Waals surface area contributed by atoms with Crippen LogP contribution in [0.4, 0.5) is 11.6 Å². The molecule has 2 aliphatic rings. The second-order valence-electron chi connectivity index (χ2n) is 8.73. The standard InChI is InChI=1S/C24H30N6O2S/c1-16-17(2)33-24-20(16)22(27-15-28-24)29-8-5-18(6-9-29)23(31)26-14-19-4-3-7-25-21(19)30-10-12-32-13-11-30/h3-4,7,15,18H,5-6,8-14H2,1-2H3,(H,26,31). The van der Waals surface area contributed by atoms with Crippen LogP contribution >= 0.6 is 11.3 Å². The zero-order chi connectivity index (χ0) is 22.8. The van der Waals surface area contributed by atoms with Crippen LogP contribution in [-0.4, -0.2) is 60.3 Å². The molecule has 0 radical (unpaired) electrons. The first kappa shape index (κ1) is 22.0. The van der Waals surface area contributed by atoms with Gasteiger partial charge in [-0.3, -0.25) is 4.79 Å². The van der Waals surface area contributed by atoms with Gasteiger partial charge in [-0.25, -0.2) is 15.0 Å². The highest BCUT2D eigenvalue weighted by Gasteiger charge is 2.27. The number of hydrogen-bond acceptors (Lipinski definition) is 8. The smallest absolute Gasteiger partial charge is 0.223 e. The maximum absolute atomic E-state index is 13.0. The van der Waals surface area contributed by atoms with Gasteiger partial charge in [-0.1, -0.05) is 6.07 Å². The van der Waals surface area contributed by atoms with Crippen LogP contribution in [0.25, 0.3) is 10.2 Å². The number of nitrogens with one attached hydrogen (secondary N) is 1. The van der Waals surface area contributed by atoms with Crippen molar-refractivity contribution in [2.45, 2.75) is 33.2 Å². The number of rotatable bonds is 5. The minimum absolute atomic E-state index is 0.0207. The molecule has 0 aliphatic carbocycles. The Morgan fingerprint density at radius 1 is 1.09 bits per heavy atom. The van der Waals surface area contributed by atoms with E-state index in [1.165, 1.54) is 10.4 Å². The van der Waals surface area contributed by atoms with Crippen LogP contribution in [0.5, 0.6) is 0 Å². The number of pyridine rings is 1. The maximum Gasteiger partial charge on any atom is 0.223 e. The summed E-state index contributed by atoms with van der Waals surface area (Å²) >= 11 is 1.72. The van der Waals surface area contributed by atoms with E-state index in [-0.39, 0.29) is 11.8 Å². The zero-order valence-corrected chi connectivity index (χ0v) is 20.0. The largest absolute Gasteiger partial charge is 0.378 e. The molecule has 2 fully saturated rings. The molecule has 0 bridgehead atoms. The molecule has 1 N–H and O–H groups in total. The summed E-state index contributed by atoms with van der Waals surface area (Å²) < 4.78 is 5.46. The average molecular weight is 467 g/mol. The number of amides is 1. The Balaban J connectivity index is 1.20. The Hall–Kier alpha value is -2.78. The van der Waals surface area contributed by atoms with Crippen LogP contribution in [0.3, 0.4) is 0 Å². The van der Waals surface area contributed by atoms with Crippen LogP contribution in [-0.2, 0) is 16.1 Å². The lowest BCUT2D eigenvalue weighted by Gasteiger charge is -2.33. The second-order valence-corrected chi connectivity index (χ2v) is 9.93. The van der Waals surface area contributed by atoms with E-state index in [9.17, 15) is 4.79 Å². The Labute approximate surface area is 198 Å². The monoisotopic (exact) mass is 466 g/mol. The number of hydrogen-bond donors (Lipinski definition) is 1. The number of piperidine rings is 1. The van der Waals surface area contributed by atoms with E-state index in [1.807, 2.05) is 18.3 Å². The zero-order valence-electron chi connectivity index (χ0n) is 19.2. The minimum atomic E-state index is 0.0207. The molecule has 0 aromatic carbocycles. The molecule has 0 saturated carbocycles. The molecule has 0 spiro atoms. The van der Waals surface area contributed by atoms with Gasteiger partial charge in [0.1, 0.15) is 22.8 Å². The summed E-state index contributed by atoms with van der Waals surface area (Å²) in [6.45, 7) is 9.51. The molecule has 0 unspecified atom stereocenters. The van der Waals surface area contributed by atoms with Gasteiger partial charge < -0.3 is 19.9 Å². The molecule has 33 heavy (non-hydrogen) atoms. The summed E-state index contributed by atoms with van der Waals surface area (Å²) in [6, 6.07) is 3.98. The Morgan fingerprint density at radius 3 is 2.64 bits per heavy atom. The lowest BCUT2D eigenvalue weighted by molar-refractivity contribution is -0.125. The first-order valence-corrected chi connectivity index (χ1v) is 12.4. The number of carbonyl (C=O) groups is 1. The predicted molar refractivity (Wildman–Crippen MR) is 131 cm³/mol. The third-order valence-electron chi connectivity index (χ3n) is 6.74. The number of nitrogens with zero attached hydrogens (tertiary/aromatic N) is 5. The van der Waals surface area contributed by atoms with Gasteiger partial charge in [-0.05, 0) is 38.3 Å². The fraction of sp³-hybridized carbons (Fsp3) is 0.500. The predicted octanol–water partition coefficient (Wildman–Crippen LogP) is 3.07. The van der Waals surface area contributed by atoms with Crippen LogP contribution in [0.2, 0.25) is 0 Å². The number of carbonyl (C=O) groups excluding carboxylic acids is 1. The first-order chi connectivity index (χ1) is 16.1. The van der Waals surface area contributed by atoms with Gasteiger partial charge in [0.15, 0.2) is 0 Å². The molecule has 3 aromatic rings. The Morgan fingerprint density at radius 2 is 1.85 bits per heavy atom. The Bertz CT molecular complexity index is 1140. The summed E-state index contributed by atoms with van der Waals surface area (Å²) in [5.74, 6) is 2.10. The van der Waals surface area contributed by atoms with Crippen LogP contribution in [0, 0.1) is 19.8 Å². The molecule has 2 saturated heterocycles. The highest BCUT2D eigenvalue weighted by Crippen LogP contribution is 2.35. The van der Waals surface area contributed by atoms with Crippen LogP contribution in [0.1, 0.15) is 28.8 Å². The van der Waals surface area contributed by atoms with Gasteiger partial charge >= 0.3 is 0 Å². The molecular weight excluding hydrogens is 436 g/mol. The second kappa shape index (κ2) is 9.61. The average Bonchev–Trinajstić information content (AvgIpc) is 3.16. The van der Waals surface area contributed by atoms with Crippen molar-refractivity contribution in [1.82, 2.24) is 20.3 Å². The molecule has 5 rings (SSSR count). The van der Waals surface area contributed by atoms with Crippen molar-refractivity contribution in [3.05, 3.63) is 40.7 Å². The van der Waals surface area contributed by atoms with E-state index < -0.39 is 0 Å². The SMILES string of the molecule is Cc1sc2ncnc(N3CCC(C(=O)NCc4cccnc4N4CCOCC4)CC3)c2c1C. The maximum atomic E-state index is 13.0. The number of fused-ring (bicyclic) bond motifs is 1. The van der Waals surface area contributed by atoms with E-state index in [1.54, 1.807) is 17.7 Å². The van der Waals surface area contributed by atoms with Gasteiger partial charge in [-0.2, -0.15) is 0 Å². The van der Waals surface area contributed by atoms with Crippen molar-refractivity contribution >= 4 is 39.1 Å². The lowest BCUT2D eigenvalue weighted by Crippen LogP contribution is -2.41. The molecule has 3 aromatic heterocycles. The molecule has 174 valence electrons. The number of aromatic nitrogens is 3. The molecule has 2 aliphatic heterocycles. The molecule has 5 heterocycles. The van der Waals surface area contributed by atoms with Crippen molar-refractivity contribution in [1.29, 1.82) is 0 Å².